The molecule has 1 aliphatic rings. The lowest BCUT2D eigenvalue weighted by Gasteiger charge is -2.05. The molecule has 76 valence electrons. The van der Waals surface area contributed by atoms with Crippen molar-refractivity contribution in [3.05, 3.63) is 17.6 Å². The highest BCUT2D eigenvalue weighted by Crippen LogP contribution is 2.30. The summed E-state index contributed by atoms with van der Waals surface area (Å²) in [7, 11) is 0. The minimum Gasteiger partial charge on any atom is -0.456 e. The second kappa shape index (κ2) is 3.48. The minimum atomic E-state index is 0.0908. The third kappa shape index (κ3) is 1.54. The molecule has 0 aromatic carbocycles. The molecule has 1 aromatic heterocycles. The third-order valence-corrected chi connectivity index (χ3v) is 2.83. The van der Waals surface area contributed by atoms with E-state index in [-0.39, 0.29) is 11.7 Å². The molecule has 2 N–H and O–H groups in total. The van der Waals surface area contributed by atoms with Crippen LogP contribution in [0, 0.1) is 12.8 Å². The predicted octanol–water partition coefficient (Wildman–Crippen LogP) is 2.54. The number of aryl methyl sites for hydroxylation is 1. The maximum atomic E-state index is 11.9. The van der Waals surface area contributed by atoms with E-state index in [0.29, 0.717) is 17.2 Å². The normalized spacial score (nSPS) is 17.5. The third-order valence-electron chi connectivity index (χ3n) is 2.83. The van der Waals surface area contributed by atoms with Crippen molar-refractivity contribution in [3.8, 4) is 0 Å². The second-order valence-electron chi connectivity index (χ2n) is 3.99. The van der Waals surface area contributed by atoms with Gasteiger partial charge in [-0.1, -0.05) is 12.8 Å². The number of nitrogen functional groups attached to an aromatic ring is 1. The van der Waals surface area contributed by atoms with E-state index in [4.69, 9.17) is 10.2 Å². The number of furan rings is 1. The fourth-order valence-corrected chi connectivity index (χ4v) is 2.10. The van der Waals surface area contributed by atoms with Gasteiger partial charge in [0.15, 0.2) is 5.76 Å². The SMILES string of the molecule is Cc1cc(N)c(C(=O)C2CCCC2)o1. The van der Waals surface area contributed by atoms with Crippen molar-refractivity contribution in [2.24, 2.45) is 5.92 Å². The highest BCUT2D eigenvalue weighted by Gasteiger charge is 2.27. The van der Waals surface area contributed by atoms with Gasteiger partial charge < -0.3 is 10.2 Å². The first-order chi connectivity index (χ1) is 6.68. The van der Waals surface area contributed by atoms with Crippen LogP contribution in [0.4, 0.5) is 5.69 Å². The van der Waals surface area contributed by atoms with Crippen LogP contribution in [0.25, 0.3) is 0 Å². The van der Waals surface area contributed by atoms with E-state index in [0.717, 1.165) is 25.7 Å². The van der Waals surface area contributed by atoms with E-state index < -0.39 is 0 Å². The summed E-state index contributed by atoms with van der Waals surface area (Å²) in [4.78, 5) is 11.9. The molecule has 0 atom stereocenters. The van der Waals surface area contributed by atoms with Gasteiger partial charge in [0.25, 0.3) is 0 Å². The van der Waals surface area contributed by atoms with Crippen molar-refractivity contribution in [2.75, 3.05) is 5.73 Å². The van der Waals surface area contributed by atoms with Crippen LogP contribution in [-0.2, 0) is 0 Å². The Balaban J connectivity index is 2.21. The van der Waals surface area contributed by atoms with Crippen LogP contribution >= 0.6 is 0 Å². The van der Waals surface area contributed by atoms with Crippen molar-refractivity contribution in [2.45, 2.75) is 32.6 Å². The molecule has 1 heterocycles. The number of Topliss-reactive ketones (excluding diaryl/α,β-unsaturated/α-hetero) is 1. The summed E-state index contributed by atoms with van der Waals surface area (Å²) in [6, 6.07) is 1.71. The number of carbonyl (C=O) groups is 1. The highest BCUT2D eigenvalue weighted by molar-refractivity contribution is 5.99. The molecule has 1 aromatic rings. The molecule has 0 aliphatic heterocycles. The Kier molecular flexibility index (Phi) is 2.32. The van der Waals surface area contributed by atoms with Crippen molar-refractivity contribution in [1.82, 2.24) is 0 Å². The topological polar surface area (TPSA) is 56.2 Å². The molecule has 0 spiro atoms. The predicted molar refractivity (Wildman–Crippen MR) is 54.1 cm³/mol. The fraction of sp³-hybridized carbons (Fsp3) is 0.545. The van der Waals surface area contributed by atoms with Crippen molar-refractivity contribution < 1.29 is 9.21 Å². The zero-order valence-corrected chi connectivity index (χ0v) is 8.38. The molecule has 0 amide bonds. The number of nitrogens with two attached hydrogens (primary N) is 1. The first-order valence-electron chi connectivity index (χ1n) is 5.08. The fourth-order valence-electron chi connectivity index (χ4n) is 2.10. The van der Waals surface area contributed by atoms with E-state index in [2.05, 4.69) is 0 Å². The molecule has 3 nitrogen and oxygen atoms in total. The van der Waals surface area contributed by atoms with E-state index in [9.17, 15) is 4.79 Å². The summed E-state index contributed by atoms with van der Waals surface area (Å²) in [5.41, 5.74) is 6.18. The number of hydrogen-bond donors (Lipinski definition) is 1. The van der Waals surface area contributed by atoms with Gasteiger partial charge in [-0.05, 0) is 19.8 Å². The van der Waals surface area contributed by atoms with Crippen LogP contribution in [0.15, 0.2) is 10.5 Å². The van der Waals surface area contributed by atoms with Crippen molar-refractivity contribution in [1.29, 1.82) is 0 Å². The number of ketones is 1. The van der Waals surface area contributed by atoms with Gasteiger partial charge >= 0.3 is 0 Å². The average Bonchev–Trinajstić information content (AvgIpc) is 2.73. The molecule has 2 rings (SSSR count). The van der Waals surface area contributed by atoms with E-state index in [1.54, 1.807) is 6.07 Å². The van der Waals surface area contributed by atoms with Gasteiger partial charge in [0.05, 0.1) is 5.69 Å². The molecule has 14 heavy (non-hydrogen) atoms. The average molecular weight is 193 g/mol. The second-order valence-corrected chi connectivity index (χ2v) is 3.99. The van der Waals surface area contributed by atoms with Crippen molar-refractivity contribution >= 4 is 11.5 Å². The molecule has 0 unspecified atom stereocenters. The summed E-state index contributed by atoms with van der Waals surface area (Å²) in [5.74, 6) is 1.31. The maximum Gasteiger partial charge on any atom is 0.203 e. The lowest BCUT2D eigenvalue weighted by Crippen LogP contribution is -2.11. The highest BCUT2D eigenvalue weighted by atomic mass is 16.3. The van der Waals surface area contributed by atoms with Crippen LogP contribution < -0.4 is 5.73 Å². The number of carbonyl (C=O) groups excluding carboxylic acids is 1. The van der Waals surface area contributed by atoms with Gasteiger partial charge in [-0.2, -0.15) is 0 Å². The molecule has 3 heteroatoms. The summed E-state index contributed by atoms with van der Waals surface area (Å²) in [6.07, 6.45) is 4.27. The number of rotatable bonds is 2. The van der Waals surface area contributed by atoms with Crippen LogP contribution in [-0.4, -0.2) is 5.78 Å². The lowest BCUT2D eigenvalue weighted by atomic mass is 10.0. The summed E-state index contributed by atoms with van der Waals surface area (Å²) in [5, 5.41) is 0. The van der Waals surface area contributed by atoms with E-state index >= 15 is 0 Å². The molecule has 0 saturated heterocycles. The molecule has 1 saturated carbocycles. The summed E-state index contributed by atoms with van der Waals surface area (Å²) < 4.78 is 5.31. The molecule has 1 aliphatic carbocycles. The standard InChI is InChI=1S/C11H15NO2/c1-7-6-9(12)11(14-7)10(13)8-4-2-3-5-8/h6,8H,2-5,12H2,1H3. The molecule has 1 fully saturated rings. The van der Waals surface area contributed by atoms with Gasteiger partial charge in [-0.3, -0.25) is 4.79 Å². The Morgan fingerprint density at radius 2 is 2.14 bits per heavy atom. The first kappa shape index (κ1) is 9.31. The smallest absolute Gasteiger partial charge is 0.203 e. The van der Waals surface area contributed by atoms with Crippen LogP contribution in [0.2, 0.25) is 0 Å². The summed E-state index contributed by atoms with van der Waals surface area (Å²) >= 11 is 0. The summed E-state index contributed by atoms with van der Waals surface area (Å²) in [6.45, 7) is 1.81. The zero-order chi connectivity index (χ0) is 10.1. The Morgan fingerprint density at radius 1 is 1.50 bits per heavy atom. The molecule has 0 bridgehead atoms. The Labute approximate surface area is 83.3 Å². The lowest BCUT2D eigenvalue weighted by molar-refractivity contribution is 0.0894. The molecule has 0 radical (unpaired) electrons. The Hall–Kier alpha value is -1.25. The number of anilines is 1. The Morgan fingerprint density at radius 3 is 2.64 bits per heavy atom. The van der Waals surface area contributed by atoms with E-state index in [1.165, 1.54) is 0 Å². The van der Waals surface area contributed by atoms with Crippen LogP contribution in [0.1, 0.15) is 42.0 Å². The van der Waals surface area contributed by atoms with Gasteiger partial charge in [0, 0.05) is 12.0 Å². The quantitative estimate of drug-likeness (QED) is 0.734. The molecular weight excluding hydrogens is 178 g/mol. The minimum absolute atomic E-state index is 0.0908. The van der Waals surface area contributed by atoms with Gasteiger partial charge in [-0.25, -0.2) is 0 Å². The van der Waals surface area contributed by atoms with Crippen molar-refractivity contribution in [3.63, 3.8) is 0 Å². The number of hydrogen-bond acceptors (Lipinski definition) is 3. The Bertz CT molecular complexity index is 348. The van der Waals surface area contributed by atoms with E-state index in [1.807, 2.05) is 6.92 Å². The van der Waals surface area contributed by atoms with Crippen LogP contribution in [0.3, 0.4) is 0 Å². The molecular formula is C11H15NO2. The van der Waals surface area contributed by atoms with Gasteiger partial charge in [0.2, 0.25) is 5.78 Å². The maximum absolute atomic E-state index is 11.9. The first-order valence-corrected chi connectivity index (χ1v) is 5.08. The van der Waals surface area contributed by atoms with Gasteiger partial charge in [-0.15, -0.1) is 0 Å². The largest absolute Gasteiger partial charge is 0.456 e. The van der Waals surface area contributed by atoms with Gasteiger partial charge in [0.1, 0.15) is 5.76 Å². The zero-order valence-electron chi connectivity index (χ0n) is 8.38. The monoisotopic (exact) mass is 193 g/mol. The van der Waals surface area contributed by atoms with Crippen LogP contribution in [0.5, 0.6) is 0 Å².